The van der Waals surface area contributed by atoms with Gasteiger partial charge in [0.15, 0.2) is 0 Å². The Morgan fingerprint density at radius 1 is 0.941 bits per heavy atom. The lowest BCUT2D eigenvalue weighted by Gasteiger charge is -2.16. The van der Waals surface area contributed by atoms with Crippen LogP contribution >= 0.6 is 0 Å². The third kappa shape index (κ3) is 5.50. The molecular formula is C23H22FN7O2S. The van der Waals surface area contributed by atoms with Crippen molar-refractivity contribution in [2.24, 2.45) is 0 Å². The molecule has 11 heteroatoms. The van der Waals surface area contributed by atoms with E-state index in [-0.39, 0.29) is 16.8 Å². The van der Waals surface area contributed by atoms with Gasteiger partial charge in [-0.1, -0.05) is 24.3 Å². The molecule has 4 aromatic rings. The highest BCUT2D eigenvalue weighted by Gasteiger charge is 2.14. The average molecular weight is 480 g/mol. The third-order valence-corrected chi connectivity index (χ3v) is 6.42. The Labute approximate surface area is 196 Å². The van der Waals surface area contributed by atoms with Crippen LogP contribution in [0.3, 0.4) is 0 Å². The summed E-state index contributed by atoms with van der Waals surface area (Å²) >= 11 is 0. The van der Waals surface area contributed by atoms with Crippen molar-refractivity contribution in [3.8, 4) is 11.3 Å². The molecule has 2 aromatic heterocycles. The predicted octanol–water partition coefficient (Wildman–Crippen LogP) is 3.90. The molecule has 3 N–H and O–H groups in total. The second-order valence-electron chi connectivity index (χ2n) is 7.33. The first-order valence-corrected chi connectivity index (χ1v) is 11.8. The lowest BCUT2D eigenvalue weighted by atomic mass is 10.1. The molecule has 2 aromatic carbocycles. The standard InChI is InChI=1S/C23H22FN7O2S/c1-15(16-3-7-18(24)8-4-16)28-23-29-20(13-21(31-23)30-22-14-26-11-12-27-22)17-5-9-19(10-6-17)34(32,33)25-2/h3-15,25H,1-2H3,(H2,27,28,29,30,31)/t15-/m0/s1. The van der Waals surface area contributed by atoms with Crippen molar-refractivity contribution < 1.29 is 12.8 Å². The van der Waals surface area contributed by atoms with Gasteiger partial charge in [0.05, 0.1) is 22.8 Å². The molecule has 0 aliphatic heterocycles. The molecule has 0 saturated heterocycles. The summed E-state index contributed by atoms with van der Waals surface area (Å²) in [6.07, 6.45) is 4.68. The molecule has 0 radical (unpaired) electrons. The van der Waals surface area contributed by atoms with Gasteiger partial charge in [-0.2, -0.15) is 4.98 Å². The van der Waals surface area contributed by atoms with E-state index in [2.05, 4.69) is 35.3 Å². The molecule has 34 heavy (non-hydrogen) atoms. The summed E-state index contributed by atoms with van der Waals surface area (Å²) in [6, 6.07) is 14.1. The number of sulfonamides is 1. The van der Waals surface area contributed by atoms with Crippen LogP contribution in [0.4, 0.5) is 22.0 Å². The molecule has 0 amide bonds. The van der Waals surface area contributed by atoms with Crippen LogP contribution in [0.5, 0.6) is 0 Å². The number of hydrogen-bond donors (Lipinski definition) is 3. The van der Waals surface area contributed by atoms with E-state index in [1.165, 1.54) is 31.3 Å². The maximum Gasteiger partial charge on any atom is 0.240 e. The highest BCUT2D eigenvalue weighted by Crippen LogP contribution is 2.26. The van der Waals surface area contributed by atoms with E-state index >= 15 is 0 Å². The maximum absolute atomic E-state index is 13.3. The number of aromatic nitrogens is 4. The second kappa shape index (κ2) is 9.89. The van der Waals surface area contributed by atoms with E-state index in [0.717, 1.165) is 5.56 Å². The summed E-state index contributed by atoms with van der Waals surface area (Å²) < 4.78 is 39.7. The van der Waals surface area contributed by atoms with Gasteiger partial charge in [0.25, 0.3) is 0 Å². The van der Waals surface area contributed by atoms with Crippen molar-refractivity contribution in [3.63, 3.8) is 0 Å². The number of rotatable bonds is 8. The van der Waals surface area contributed by atoms with Gasteiger partial charge in [-0.05, 0) is 43.8 Å². The van der Waals surface area contributed by atoms with E-state index in [4.69, 9.17) is 0 Å². The molecular weight excluding hydrogens is 457 g/mol. The van der Waals surface area contributed by atoms with Crippen molar-refractivity contribution in [1.29, 1.82) is 0 Å². The number of halogens is 1. The van der Waals surface area contributed by atoms with Crippen LogP contribution < -0.4 is 15.4 Å². The molecule has 2 heterocycles. The zero-order chi connectivity index (χ0) is 24.1. The summed E-state index contributed by atoms with van der Waals surface area (Å²) in [7, 11) is -2.19. The van der Waals surface area contributed by atoms with Crippen LogP contribution in [-0.2, 0) is 10.0 Å². The Morgan fingerprint density at radius 2 is 1.68 bits per heavy atom. The van der Waals surface area contributed by atoms with E-state index in [0.29, 0.717) is 28.8 Å². The number of hydrogen-bond acceptors (Lipinski definition) is 8. The summed E-state index contributed by atoms with van der Waals surface area (Å²) in [4.78, 5) is 17.5. The van der Waals surface area contributed by atoms with Crippen LogP contribution in [0.15, 0.2) is 78.1 Å². The van der Waals surface area contributed by atoms with Gasteiger partial charge in [-0.25, -0.2) is 27.5 Å². The number of benzene rings is 2. The Bertz CT molecular complexity index is 1370. The number of nitrogens with zero attached hydrogens (tertiary/aromatic N) is 4. The van der Waals surface area contributed by atoms with Crippen LogP contribution in [0, 0.1) is 5.82 Å². The Morgan fingerprint density at radius 3 is 2.32 bits per heavy atom. The summed E-state index contributed by atoms with van der Waals surface area (Å²) in [6.45, 7) is 1.91. The van der Waals surface area contributed by atoms with Gasteiger partial charge in [-0.15, -0.1) is 0 Å². The van der Waals surface area contributed by atoms with E-state index in [1.807, 2.05) is 6.92 Å². The first-order valence-electron chi connectivity index (χ1n) is 10.3. The van der Waals surface area contributed by atoms with Crippen LogP contribution in [-0.4, -0.2) is 35.4 Å². The van der Waals surface area contributed by atoms with Crippen LogP contribution in [0.2, 0.25) is 0 Å². The molecule has 0 unspecified atom stereocenters. The SMILES string of the molecule is CNS(=O)(=O)c1ccc(-c2cc(Nc3cnccn3)nc(N[C@@H](C)c3ccc(F)cc3)n2)cc1. The van der Waals surface area contributed by atoms with Gasteiger partial charge < -0.3 is 10.6 Å². The van der Waals surface area contributed by atoms with Gasteiger partial charge in [0.1, 0.15) is 17.5 Å². The minimum atomic E-state index is -3.55. The summed E-state index contributed by atoms with van der Waals surface area (Å²) in [5, 5.41) is 6.33. The molecule has 0 bridgehead atoms. The first-order chi connectivity index (χ1) is 16.3. The molecule has 174 valence electrons. The zero-order valence-corrected chi connectivity index (χ0v) is 19.2. The normalized spacial score (nSPS) is 12.2. The number of nitrogens with one attached hydrogen (secondary N) is 3. The number of anilines is 3. The van der Waals surface area contributed by atoms with E-state index in [9.17, 15) is 12.8 Å². The average Bonchev–Trinajstić information content (AvgIpc) is 2.85. The van der Waals surface area contributed by atoms with Gasteiger partial charge in [-0.3, -0.25) is 4.98 Å². The highest BCUT2D eigenvalue weighted by atomic mass is 32.2. The van der Waals surface area contributed by atoms with Crippen LogP contribution in [0.1, 0.15) is 18.5 Å². The smallest absolute Gasteiger partial charge is 0.240 e. The topological polar surface area (TPSA) is 122 Å². The Hall–Kier alpha value is -3.96. The minimum absolute atomic E-state index is 0.147. The molecule has 0 fully saturated rings. The predicted molar refractivity (Wildman–Crippen MR) is 127 cm³/mol. The fourth-order valence-electron chi connectivity index (χ4n) is 3.17. The fraction of sp³-hybridized carbons (Fsp3) is 0.130. The van der Waals surface area contributed by atoms with Crippen molar-refractivity contribution >= 4 is 27.6 Å². The van der Waals surface area contributed by atoms with Crippen molar-refractivity contribution in [2.75, 3.05) is 17.7 Å². The van der Waals surface area contributed by atoms with Gasteiger partial charge in [0, 0.05) is 24.0 Å². The molecule has 0 saturated carbocycles. The summed E-state index contributed by atoms with van der Waals surface area (Å²) in [5.74, 6) is 0.979. The molecule has 0 spiro atoms. The van der Waals surface area contributed by atoms with E-state index in [1.54, 1.807) is 48.9 Å². The zero-order valence-electron chi connectivity index (χ0n) is 18.4. The lowest BCUT2D eigenvalue weighted by Crippen LogP contribution is -2.18. The summed E-state index contributed by atoms with van der Waals surface area (Å²) in [5.41, 5.74) is 2.11. The first kappa shape index (κ1) is 23.2. The molecule has 9 nitrogen and oxygen atoms in total. The molecule has 4 rings (SSSR count). The molecule has 0 aliphatic rings. The molecule has 0 aliphatic carbocycles. The van der Waals surface area contributed by atoms with Crippen molar-refractivity contribution in [1.82, 2.24) is 24.7 Å². The minimum Gasteiger partial charge on any atom is -0.348 e. The van der Waals surface area contributed by atoms with Crippen LogP contribution in [0.25, 0.3) is 11.3 Å². The Balaban J connectivity index is 1.69. The van der Waals surface area contributed by atoms with Crippen molar-refractivity contribution in [2.45, 2.75) is 17.9 Å². The van der Waals surface area contributed by atoms with Gasteiger partial charge in [0.2, 0.25) is 16.0 Å². The lowest BCUT2D eigenvalue weighted by molar-refractivity contribution is 0.588. The Kier molecular flexibility index (Phi) is 6.75. The molecule has 1 atom stereocenters. The fourth-order valence-corrected chi connectivity index (χ4v) is 3.90. The quantitative estimate of drug-likeness (QED) is 0.348. The third-order valence-electron chi connectivity index (χ3n) is 4.99. The van der Waals surface area contributed by atoms with Gasteiger partial charge >= 0.3 is 0 Å². The largest absolute Gasteiger partial charge is 0.348 e. The van der Waals surface area contributed by atoms with E-state index < -0.39 is 10.0 Å². The maximum atomic E-state index is 13.3. The second-order valence-corrected chi connectivity index (χ2v) is 9.21. The van der Waals surface area contributed by atoms with Crippen molar-refractivity contribution in [3.05, 3.63) is 84.6 Å². The highest BCUT2D eigenvalue weighted by molar-refractivity contribution is 7.89. The monoisotopic (exact) mass is 479 g/mol.